The molecule has 0 atom stereocenters. The molecule has 0 aliphatic carbocycles. The lowest BCUT2D eigenvalue weighted by molar-refractivity contribution is 0.109. The molecular formula is C10H10N2O3. The normalized spacial score (nSPS) is 8.87. The van der Waals surface area contributed by atoms with Crippen molar-refractivity contribution < 1.29 is 14.3 Å². The summed E-state index contributed by atoms with van der Waals surface area (Å²) in [6.45, 7) is -0.148. The van der Waals surface area contributed by atoms with E-state index in [1.807, 2.05) is 0 Å². The van der Waals surface area contributed by atoms with Crippen LogP contribution in [0.2, 0.25) is 0 Å². The molecule has 2 aromatic heterocycles. The summed E-state index contributed by atoms with van der Waals surface area (Å²) in [6.07, 6.45) is 8.50. The van der Waals surface area contributed by atoms with Crippen molar-refractivity contribution in [2.24, 2.45) is 0 Å². The van der Waals surface area contributed by atoms with Crippen molar-refractivity contribution in [3.63, 3.8) is 0 Å². The van der Waals surface area contributed by atoms with Crippen molar-refractivity contribution in [2.75, 3.05) is 0 Å². The Hall–Kier alpha value is -2.01. The zero-order valence-corrected chi connectivity index (χ0v) is 7.91. The van der Waals surface area contributed by atoms with Crippen molar-refractivity contribution >= 4 is 6.29 Å². The molecule has 0 bridgehead atoms. The van der Waals surface area contributed by atoms with Crippen LogP contribution < -0.4 is 0 Å². The van der Waals surface area contributed by atoms with Gasteiger partial charge in [-0.05, 0) is 6.07 Å². The molecule has 0 spiro atoms. The number of aliphatic hydroxyl groups excluding tert-OH is 1. The van der Waals surface area contributed by atoms with Crippen molar-refractivity contribution in [3.8, 4) is 0 Å². The average molecular weight is 206 g/mol. The lowest BCUT2D eigenvalue weighted by atomic mass is 10.3. The highest BCUT2D eigenvalue weighted by Gasteiger charge is 2.00. The molecule has 2 heterocycles. The molecule has 0 saturated heterocycles. The third kappa shape index (κ3) is 3.70. The van der Waals surface area contributed by atoms with Crippen LogP contribution in [0.3, 0.4) is 0 Å². The number of nitrogens with zero attached hydrogens (tertiary/aromatic N) is 2. The number of aromatic nitrogens is 2. The maximum atomic E-state index is 10.0. The standard InChI is InChI=1S/C6H6O3.C4H4N2/c7-3-5-1-2-9-6(5)4-8;1-2-6-4-3-5-1/h1-2,4,7H,3H2;1-4H. The van der Waals surface area contributed by atoms with Gasteiger partial charge >= 0.3 is 0 Å². The second-order valence-corrected chi connectivity index (χ2v) is 2.48. The number of hydrogen-bond acceptors (Lipinski definition) is 5. The number of carbonyl (C=O) groups is 1. The van der Waals surface area contributed by atoms with Gasteiger partial charge in [0.15, 0.2) is 12.0 Å². The Bertz CT molecular complexity index is 360. The van der Waals surface area contributed by atoms with Crippen LogP contribution in [0, 0.1) is 0 Å². The third-order valence-corrected chi connectivity index (χ3v) is 1.54. The van der Waals surface area contributed by atoms with Crippen molar-refractivity contribution in [1.29, 1.82) is 0 Å². The van der Waals surface area contributed by atoms with E-state index in [-0.39, 0.29) is 12.4 Å². The predicted octanol–water partition coefficient (Wildman–Crippen LogP) is 1.06. The first-order valence-corrected chi connectivity index (χ1v) is 4.21. The molecule has 0 amide bonds. The van der Waals surface area contributed by atoms with E-state index in [0.717, 1.165) is 0 Å². The van der Waals surface area contributed by atoms with Crippen molar-refractivity contribution in [3.05, 3.63) is 48.4 Å². The average Bonchev–Trinajstić information content (AvgIpc) is 2.79. The highest BCUT2D eigenvalue weighted by atomic mass is 16.3. The Labute approximate surface area is 86.4 Å². The third-order valence-electron chi connectivity index (χ3n) is 1.54. The summed E-state index contributed by atoms with van der Waals surface area (Å²) in [5.74, 6) is 0.206. The van der Waals surface area contributed by atoms with Gasteiger partial charge in [-0.25, -0.2) is 0 Å². The second-order valence-electron chi connectivity index (χ2n) is 2.48. The van der Waals surface area contributed by atoms with E-state index in [1.165, 1.54) is 6.26 Å². The van der Waals surface area contributed by atoms with Crippen LogP contribution in [0.15, 0.2) is 41.5 Å². The Morgan fingerprint density at radius 3 is 2.20 bits per heavy atom. The first kappa shape index (κ1) is 11.1. The van der Waals surface area contributed by atoms with Crippen LogP contribution in [0.4, 0.5) is 0 Å². The number of hydrogen-bond donors (Lipinski definition) is 1. The van der Waals surface area contributed by atoms with E-state index in [1.54, 1.807) is 30.9 Å². The number of carbonyl (C=O) groups excluding carboxylic acids is 1. The van der Waals surface area contributed by atoms with Gasteiger partial charge in [0.1, 0.15) is 0 Å². The zero-order chi connectivity index (χ0) is 10.9. The van der Waals surface area contributed by atoms with E-state index in [9.17, 15) is 4.79 Å². The Balaban J connectivity index is 0.000000162. The van der Waals surface area contributed by atoms with Gasteiger partial charge in [0.05, 0.1) is 12.9 Å². The molecule has 2 rings (SSSR count). The molecule has 15 heavy (non-hydrogen) atoms. The van der Waals surface area contributed by atoms with E-state index >= 15 is 0 Å². The van der Waals surface area contributed by atoms with Gasteiger partial charge in [-0.15, -0.1) is 0 Å². The molecule has 78 valence electrons. The molecule has 2 aromatic rings. The maximum Gasteiger partial charge on any atom is 0.185 e. The quantitative estimate of drug-likeness (QED) is 0.743. The zero-order valence-electron chi connectivity index (χ0n) is 7.91. The fraction of sp³-hybridized carbons (Fsp3) is 0.100. The van der Waals surface area contributed by atoms with Crippen LogP contribution in [-0.4, -0.2) is 21.4 Å². The molecule has 1 N–H and O–H groups in total. The summed E-state index contributed by atoms with van der Waals surface area (Å²) in [5, 5.41) is 8.52. The smallest absolute Gasteiger partial charge is 0.185 e. The summed E-state index contributed by atoms with van der Waals surface area (Å²) in [5.41, 5.74) is 0.532. The largest absolute Gasteiger partial charge is 0.461 e. The van der Waals surface area contributed by atoms with Gasteiger partial charge in [0, 0.05) is 30.4 Å². The molecular weight excluding hydrogens is 196 g/mol. The SMILES string of the molecule is O=Cc1occc1CO.c1cnccn1. The van der Waals surface area contributed by atoms with Crippen LogP contribution >= 0.6 is 0 Å². The van der Waals surface area contributed by atoms with Crippen LogP contribution in [0.5, 0.6) is 0 Å². The molecule has 0 aliphatic rings. The second kappa shape index (κ2) is 6.44. The van der Waals surface area contributed by atoms with Gasteiger partial charge in [0.25, 0.3) is 0 Å². The fourth-order valence-electron chi connectivity index (χ4n) is 0.835. The van der Waals surface area contributed by atoms with E-state index in [4.69, 9.17) is 5.11 Å². The lowest BCUT2D eigenvalue weighted by Gasteiger charge is -1.85. The summed E-state index contributed by atoms with van der Waals surface area (Å²) in [4.78, 5) is 17.5. The minimum atomic E-state index is -0.148. The summed E-state index contributed by atoms with van der Waals surface area (Å²) in [6, 6.07) is 1.56. The maximum absolute atomic E-state index is 10.0. The number of aldehydes is 1. The van der Waals surface area contributed by atoms with E-state index in [2.05, 4.69) is 14.4 Å². The Morgan fingerprint density at radius 1 is 1.27 bits per heavy atom. The van der Waals surface area contributed by atoms with Gasteiger partial charge in [-0.2, -0.15) is 0 Å². The molecule has 0 radical (unpaired) electrons. The first-order valence-electron chi connectivity index (χ1n) is 4.21. The van der Waals surface area contributed by atoms with E-state index in [0.29, 0.717) is 11.8 Å². The van der Waals surface area contributed by atoms with Gasteiger partial charge in [0.2, 0.25) is 0 Å². The van der Waals surface area contributed by atoms with Crippen LogP contribution in [-0.2, 0) is 6.61 Å². The highest BCUT2D eigenvalue weighted by Crippen LogP contribution is 2.06. The fourth-order valence-corrected chi connectivity index (χ4v) is 0.835. The molecule has 5 heteroatoms. The van der Waals surface area contributed by atoms with Crippen LogP contribution in [0.25, 0.3) is 0 Å². The first-order chi connectivity index (χ1) is 7.38. The molecule has 5 nitrogen and oxygen atoms in total. The number of rotatable bonds is 2. The Kier molecular flexibility index (Phi) is 4.75. The highest BCUT2D eigenvalue weighted by molar-refractivity contribution is 5.72. The van der Waals surface area contributed by atoms with Crippen molar-refractivity contribution in [1.82, 2.24) is 9.97 Å². The monoisotopic (exact) mass is 206 g/mol. The topological polar surface area (TPSA) is 76.2 Å². The summed E-state index contributed by atoms with van der Waals surface area (Å²) >= 11 is 0. The van der Waals surface area contributed by atoms with Gasteiger partial charge in [-0.3, -0.25) is 14.8 Å². The van der Waals surface area contributed by atoms with E-state index < -0.39 is 0 Å². The minimum absolute atomic E-state index is 0.148. The minimum Gasteiger partial charge on any atom is -0.461 e. The van der Waals surface area contributed by atoms with Crippen molar-refractivity contribution in [2.45, 2.75) is 6.61 Å². The molecule has 0 fully saturated rings. The number of furan rings is 1. The van der Waals surface area contributed by atoms with Crippen LogP contribution in [0.1, 0.15) is 16.1 Å². The van der Waals surface area contributed by atoms with Gasteiger partial charge in [-0.1, -0.05) is 0 Å². The summed E-state index contributed by atoms with van der Waals surface area (Å²) in [7, 11) is 0. The Morgan fingerprint density at radius 2 is 1.87 bits per heavy atom. The predicted molar refractivity (Wildman–Crippen MR) is 52.1 cm³/mol. The summed E-state index contributed by atoms with van der Waals surface area (Å²) < 4.78 is 4.68. The molecule has 0 unspecified atom stereocenters. The lowest BCUT2D eigenvalue weighted by Crippen LogP contribution is -1.84. The van der Waals surface area contributed by atoms with Gasteiger partial charge < -0.3 is 9.52 Å². The molecule has 0 aromatic carbocycles. The number of aliphatic hydroxyl groups is 1. The molecule has 0 saturated carbocycles. The molecule has 0 aliphatic heterocycles.